The first kappa shape index (κ1) is 23.0. The molecule has 1 aromatic carbocycles. The SMILES string of the molecule is CN=C(NCc1ccc(CN2CCC(C)CC2)cc1)NCC(C)(C)N1CCOCC1. The highest BCUT2D eigenvalue weighted by molar-refractivity contribution is 5.79. The number of guanidine groups is 1. The van der Waals surface area contributed by atoms with E-state index >= 15 is 0 Å². The van der Waals surface area contributed by atoms with Crippen molar-refractivity contribution in [1.29, 1.82) is 0 Å². The summed E-state index contributed by atoms with van der Waals surface area (Å²) in [7, 11) is 1.83. The topological polar surface area (TPSA) is 52.1 Å². The van der Waals surface area contributed by atoms with E-state index in [9.17, 15) is 0 Å². The van der Waals surface area contributed by atoms with Gasteiger partial charge < -0.3 is 15.4 Å². The molecule has 0 bridgehead atoms. The maximum atomic E-state index is 5.48. The summed E-state index contributed by atoms with van der Waals surface area (Å²) in [5, 5.41) is 6.95. The van der Waals surface area contributed by atoms with E-state index in [1.165, 1.54) is 37.1 Å². The highest BCUT2D eigenvalue weighted by Crippen LogP contribution is 2.18. The number of benzene rings is 1. The van der Waals surface area contributed by atoms with Crippen LogP contribution in [-0.2, 0) is 17.8 Å². The Morgan fingerprint density at radius 3 is 2.30 bits per heavy atom. The second kappa shape index (κ2) is 11.1. The molecular weight excluding hydrogens is 374 g/mol. The Labute approximate surface area is 183 Å². The molecule has 0 saturated carbocycles. The molecule has 0 amide bonds. The lowest BCUT2D eigenvalue weighted by Gasteiger charge is -2.41. The third-order valence-corrected chi connectivity index (χ3v) is 6.54. The van der Waals surface area contributed by atoms with E-state index in [0.717, 1.165) is 57.8 Å². The Morgan fingerprint density at radius 1 is 1.03 bits per heavy atom. The Hall–Kier alpha value is -1.63. The fraction of sp³-hybridized carbons (Fsp3) is 0.708. The van der Waals surface area contributed by atoms with E-state index in [-0.39, 0.29) is 5.54 Å². The fourth-order valence-corrected chi connectivity index (χ4v) is 4.23. The van der Waals surface area contributed by atoms with Gasteiger partial charge in [-0.15, -0.1) is 0 Å². The van der Waals surface area contributed by atoms with E-state index in [1.807, 2.05) is 7.05 Å². The van der Waals surface area contributed by atoms with Crippen LogP contribution in [0, 0.1) is 5.92 Å². The summed E-state index contributed by atoms with van der Waals surface area (Å²) in [5.41, 5.74) is 2.75. The zero-order valence-corrected chi connectivity index (χ0v) is 19.4. The molecule has 6 nitrogen and oxygen atoms in total. The Morgan fingerprint density at radius 2 is 1.67 bits per heavy atom. The van der Waals surface area contributed by atoms with Gasteiger partial charge >= 0.3 is 0 Å². The molecule has 2 saturated heterocycles. The van der Waals surface area contributed by atoms with Gasteiger partial charge in [0.15, 0.2) is 5.96 Å². The van der Waals surface area contributed by atoms with Gasteiger partial charge in [0.2, 0.25) is 0 Å². The molecule has 1 aromatic rings. The first-order chi connectivity index (χ1) is 14.5. The number of rotatable bonds is 7. The number of hydrogen-bond acceptors (Lipinski definition) is 4. The summed E-state index contributed by atoms with van der Waals surface area (Å²) >= 11 is 0. The molecular formula is C24H41N5O. The second-order valence-electron chi connectivity index (χ2n) is 9.47. The van der Waals surface area contributed by atoms with Crippen LogP contribution in [0.3, 0.4) is 0 Å². The molecule has 2 aliphatic heterocycles. The lowest BCUT2D eigenvalue weighted by Crippen LogP contribution is -2.56. The third-order valence-electron chi connectivity index (χ3n) is 6.54. The second-order valence-corrected chi connectivity index (χ2v) is 9.47. The molecule has 168 valence electrons. The summed E-state index contributed by atoms with van der Waals surface area (Å²) in [4.78, 5) is 9.46. The predicted molar refractivity (Wildman–Crippen MR) is 125 cm³/mol. The number of piperidine rings is 1. The summed E-state index contributed by atoms with van der Waals surface area (Å²) in [6.07, 6.45) is 2.66. The maximum absolute atomic E-state index is 5.48. The number of nitrogens with zero attached hydrogens (tertiary/aromatic N) is 3. The molecule has 30 heavy (non-hydrogen) atoms. The van der Waals surface area contributed by atoms with Crippen molar-refractivity contribution in [1.82, 2.24) is 20.4 Å². The van der Waals surface area contributed by atoms with Crippen LogP contribution in [0.5, 0.6) is 0 Å². The first-order valence-electron chi connectivity index (χ1n) is 11.5. The third kappa shape index (κ3) is 6.96. The van der Waals surface area contributed by atoms with Crippen molar-refractivity contribution >= 4 is 5.96 Å². The van der Waals surface area contributed by atoms with E-state index in [2.05, 4.69) is 70.5 Å². The molecule has 0 radical (unpaired) electrons. The van der Waals surface area contributed by atoms with Gasteiger partial charge in [-0.25, -0.2) is 0 Å². The number of nitrogens with one attached hydrogen (secondary N) is 2. The molecule has 0 aromatic heterocycles. The zero-order chi connectivity index (χ0) is 21.4. The molecule has 0 aliphatic carbocycles. The van der Waals surface area contributed by atoms with Crippen molar-refractivity contribution in [2.24, 2.45) is 10.9 Å². The average Bonchev–Trinajstić information content (AvgIpc) is 2.77. The molecule has 0 unspecified atom stereocenters. The minimum absolute atomic E-state index is 0.0648. The minimum Gasteiger partial charge on any atom is -0.379 e. The van der Waals surface area contributed by atoms with Crippen LogP contribution in [0.25, 0.3) is 0 Å². The number of likely N-dealkylation sites (tertiary alicyclic amines) is 1. The van der Waals surface area contributed by atoms with Crippen LogP contribution in [0.1, 0.15) is 44.7 Å². The number of morpholine rings is 1. The molecule has 2 N–H and O–H groups in total. The van der Waals surface area contributed by atoms with Gasteiger partial charge in [-0.3, -0.25) is 14.8 Å². The Bertz CT molecular complexity index is 659. The standard InChI is InChI=1S/C24H41N5O/c1-20-9-11-28(12-10-20)18-22-7-5-21(6-8-22)17-26-23(25-4)27-19-24(2,3)29-13-15-30-16-14-29/h5-8,20H,9-19H2,1-4H3,(H2,25,26,27). The molecule has 2 fully saturated rings. The van der Waals surface area contributed by atoms with Crippen LogP contribution < -0.4 is 10.6 Å². The molecule has 2 heterocycles. The molecule has 0 atom stereocenters. The number of ether oxygens (including phenoxy) is 1. The van der Waals surface area contributed by atoms with Gasteiger partial charge in [-0.1, -0.05) is 31.2 Å². The lowest BCUT2D eigenvalue weighted by atomic mass is 9.99. The minimum atomic E-state index is 0.0648. The Kier molecular flexibility index (Phi) is 8.54. The highest BCUT2D eigenvalue weighted by atomic mass is 16.5. The van der Waals surface area contributed by atoms with Gasteiger partial charge in [0.05, 0.1) is 13.2 Å². The molecule has 2 aliphatic rings. The normalized spacial score (nSPS) is 20.3. The maximum Gasteiger partial charge on any atom is 0.191 e. The quantitative estimate of drug-likeness (QED) is 0.530. The fourth-order valence-electron chi connectivity index (χ4n) is 4.23. The van der Waals surface area contributed by atoms with Crippen molar-refractivity contribution in [2.45, 2.75) is 52.2 Å². The van der Waals surface area contributed by atoms with Crippen molar-refractivity contribution in [3.05, 3.63) is 35.4 Å². The summed E-state index contributed by atoms with van der Waals surface area (Å²) in [6.45, 7) is 15.7. The van der Waals surface area contributed by atoms with Gasteiger partial charge in [-0.05, 0) is 56.8 Å². The van der Waals surface area contributed by atoms with Crippen molar-refractivity contribution < 1.29 is 4.74 Å². The summed E-state index contributed by atoms with van der Waals surface area (Å²) < 4.78 is 5.48. The van der Waals surface area contributed by atoms with Crippen LogP contribution in [0.2, 0.25) is 0 Å². The van der Waals surface area contributed by atoms with E-state index < -0.39 is 0 Å². The zero-order valence-electron chi connectivity index (χ0n) is 19.4. The highest BCUT2D eigenvalue weighted by Gasteiger charge is 2.28. The molecule has 3 rings (SSSR count). The van der Waals surface area contributed by atoms with Crippen LogP contribution in [0.15, 0.2) is 29.3 Å². The van der Waals surface area contributed by atoms with Gasteiger partial charge in [0.25, 0.3) is 0 Å². The van der Waals surface area contributed by atoms with Crippen LogP contribution in [0.4, 0.5) is 0 Å². The van der Waals surface area contributed by atoms with Crippen molar-refractivity contribution in [3.8, 4) is 0 Å². The van der Waals surface area contributed by atoms with Gasteiger partial charge in [0.1, 0.15) is 0 Å². The van der Waals surface area contributed by atoms with Gasteiger partial charge in [-0.2, -0.15) is 0 Å². The number of hydrogen-bond donors (Lipinski definition) is 2. The van der Waals surface area contributed by atoms with Crippen molar-refractivity contribution in [2.75, 3.05) is 53.0 Å². The number of aliphatic imine (C=N–C) groups is 1. The predicted octanol–water partition coefficient (Wildman–Crippen LogP) is 2.69. The molecule has 6 heteroatoms. The van der Waals surface area contributed by atoms with Gasteiger partial charge in [0, 0.05) is 45.3 Å². The average molecular weight is 416 g/mol. The smallest absolute Gasteiger partial charge is 0.191 e. The van der Waals surface area contributed by atoms with Crippen LogP contribution >= 0.6 is 0 Å². The van der Waals surface area contributed by atoms with E-state index in [0.29, 0.717) is 0 Å². The van der Waals surface area contributed by atoms with Crippen molar-refractivity contribution in [3.63, 3.8) is 0 Å². The van der Waals surface area contributed by atoms with E-state index in [4.69, 9.17) is 4.74 Å². The first-order valence-corrected chi connectivity index (χ1v) is 11.5. The van der Waals surface area contributed by atoms with E-state index in [1.54, 1.807) is 0 Å². The lowest BCUT2D eigenvalue weighted by molar-refractivity contribution is -0.00834. The molecule has 0 spiro atoms. The monoisotopic (exact) mass is 415 g/mol. The summed E-state index contributed by atoms with van der Waals surface area (Å²) in [6, 6.07) is 9.01. The van der Waals surface area contributed by atoms with Crippen LogP contribution in [-0.4, -0.2) is 74.3 Å². The summed E-state index contributed by atoms with van der Waals surface area (Å²) in [5.74, 6) is 1.74. The Balaban J connectivity index is 1.42. The largest absolute Gasteiger partial charge is 0.379 e.